The van der Waals surface area contributed by atoms with Gasteiger partial charge < -0.3 is 14.2 Å². The second-order valence-electron chi connectivity index (χ2n) is 7.34. The molecule has 0 bridgehead atoms. The Kier molecular flexibility index (Phi) is 7.51. The van der Waals surface area contributed by atoms with Crippen LogP contribution in [0.1, 0.15) is 10.4 Å². The molecule has 3 aromatic rings. The first-order valence-corrected chi connectivity index (χ1v) is 12.4. The number of carbonyl (C=O) groups is 1. The molecule has 1 amide bonds. The molecule has 9 heteroatoms. The molecule has 1 aliphatic heterocycles. The van der Waals surface area contributed by atoms with E-state index in [4.69, 9.17) is 19.2 Å². The van der Waals surface area contributed by atoms with Crippen molar-refractivity contribution in [1.29, 1.82) is 0 Å². The molecule has 0 saturated carbocycles. The number of methoxy groups -OCH3 is 2. The van der Waals surface area contributed by atoms with E-state index in [1.54, 1.807) is 49.1 Å². The van der Waals surface area contributed by atoms with Crippen molar-refractivity contribution in [3.8, 4) is 11.5 Å². The smallest absolute Gasteiger partial charge is 0.260 e. The van der Waals surface area contributed by atoms with Crippen molar-refractivity contribution in [1.82, 2.24) is 9.88 Å². The lowest BCUT2D eigenvalue weighted by molar-refractivity contribution is 0.0391. The van der Waals surface area contributed by atoms with Crippen LogP contribution >= 0.6 is 23.1 Å². The summed E-state index contributed by atoms with van der Waals surface area (Å²) in [4.78, 5) is 23.7. The average molecular weight is 474 g/mol. The monoisotopic (exact) mass is 473 g/mol. The van der Waals surface area contributed by atoms with Crippen LogP contribution in [0.15, 0.2) is 41.3 Å². The van der Waals surface area contributed by atoms with Crippen LogP contribution in [-0.2, 0) is 4.74 Å². The molecule has 0 spiro atoms. The zero-order valence-corrected chi connectivity index (χ0v) is 20.1. The van der Waals surface area contributed by atoms with Crippen LogP contribution < -0.4 is 14.4 Å². The van der Waals surface area contributed by atoms with Gasteiger partial charge in [-0.1, -0.05) is 11.3 Å². The maximum absolute atomic E-state index is 13.7. The molecule has 7 nitrogen and oxygen atoms in total. The van der Waals surface area contributed by atoms with Gasteiger partial charge in [0.15, 0.2) is 5.13 Å². The van der Waals surface area contributed by atoms with Crippen LogP contribution in [0.5, 0.6) is 11.5 Å². The number of fused-ring (bicyclic) bond motifs is 1. The van der Waals surface area contributed by atoms with E-state index >= 15 is 0 Å². The summed E-state index contributed by atoms with van der Waals surface area (Å²) in [6.07, 6.45) is 2.05. The standard InChI is InChI=1S/C23H27N3O4S2/c1-28-17-12-16(13-18(14-17)29-2)22(27)26(7-6-25-8-10-30-11-9-25)23-24-20-5-4-19(31-3)15-21(20)32-23/h4-5,12-15H,6-11H2,1-3H3. The molecule has 4 rings (SSSR count). The summed E-state index contributed by atoms with van der Waals surface area (Å²) in [5.41, 5.74) is 1.41. The number of ether oxygens (including phenoxy) is 3. The lowest BCUT2D eigenvalue weighted by atomic mass is 10.1. The largest absolute Gasteiger partial charge is 0.497 e. The molecule has 32 heavy (non-hydrogen) atoms. The fraction of sp³-hybridized carbons (Fsp3) is 0.391. The minimum absolute atomic E-state index is 0.125. The highest BCUT2D eigenvalue weighted by Crippen LogP contribution is 2.33. The van der Waals surface area contributed by atoms with E-state index in [1.165, 1.54) is 16.2 Å². The van der Waals surface area contributed by atoms with E-state index in [9.17, 15) is 4.79 Å². The molecule has 0 atom stereocenters. The maximum Gasteiger partial charge on any atom is 0.260 e. The first-order valence-electron chi connectivity index (χ1n) is 10.4. The number of morpholine rings is 1. The SMILES string of the molecule is COc1cc(OC)cc(C(=O)N(CCN2CCOCC2)c2nc3ccc(SC)cc3s2)c1. The van der Waals surface area contributed by atoms with E-state index in [0.29, 0.717) is 28.7 Å². The molecule has 0 unspecified atom stereocenters. The van der Waals surface area contributed by atoms with Crippen LogP contribution in [0.25, 0.3) is 10.2 Å². The molecule has 0 N–H and O–H groups in total. The molecule has 0 radical (unpaired) electrons. The third-order valence-corrected chi connectivity index (χ3v) is 7.17. The molecule has 1 saturated heterocycles. The summed E-state index contributed by atoms with van der Waals surface area (Å²) in [6.45, 7) is 4.47. The van der Waals surface area contributed by atoms with Gasteiger partial charge in [0.25, 0.3) is 5.91 Å². The Morgan fingerprint density at radius 1 is 1.16 bits per heavy atom. The van der Waals surface area contributed by atoms with Gasteiger partial charge in [-0.3, -0.25) is 14.6 Å². The van der Waals surface area contributed by atoms with Crippen molar-refractivity contribution in [3.05, 3.63) is 42.0 Å². The van der Waals surface area contributed by atoms with Gasteiger partial charge in [0.1, 0.15) is 11.5 Å². The number of thioether (sulfide) groups is 1. The fourth-order valence-electron chi connectivity index (χ4n) is 3.57. The summed E-state index contributed by atoms with van der Waals surface area (Å²) < 4.78 is 17.3. The quantitative estimate of drug-likeness (QED) is 0.458. The van der Waals surface area contributed by atoms with Crippen molar-refractivity contribution in [3.63, 3.8) is 0 Å². The van der Waals surface area contributed by atoms with Gasteiger partial charge >= 0.3 is 0 Å². The van der Waals surface area contributed by atoms with Gasteiger partial charge in [0.05, 0.1) is 37.6 Å². The number of hydrogen-bond donors (Lipinski definition) is 0. The molecule has 1 aromatic heterocycles. The van der Waals surface area contributed by atoms with E-state index in [2.05, 4.69) is 23.3 Å². The van der Waals surface area contributed by atoms with E-state index in [1.807, 2.05) is 6.07 Å². The molecule has 170 valence electrons. The van der Waals surface area contributed by atoms with Gasteiger partial charge in [-0.15, -0.1) is 11.8 Å². The number of rotatable bonds is 8. The Hall–Kier alpha value is -2.33. The number of hydrogen-bond acceptors (Lipinski definition) is 8. The van der Waals surface area contributed by atoms with E-state index < -0.39 is 0 Å². The molecule has 1 aliphatic rings. The first-order chi connectivity index (χ1) is 15.6. The van der Waals surface area contributed by atoms with Crippen LogP contribution in [0.4, 0.5) is 5.13 Å². The summed E-state index contributed by atoms with van der Waals surface area (Å²) in [5, 5.41) is 0.693. The Morgan fingerprint density at radius 2 is 1.88 bits per heavy atom. The highest BCUT2D eigenvalue weighted by atomic mass is 32.2. The topological polar surface area (TPSA) is 64.1 Å². The average Bonchev–Trinajstić information content (AvgIpc) is 3.27. The van der Waals surface area contributed by atoms with Crippen molar-refractivity contribution in [2.45, 2.75) is 4.90 Å². The van der Waals surface area contributed by atoms with Crippen molar-refractivity contribution < 1.29 is 19.0 Å². The molecule has 0 aliphatic carbocycles. The normalized spacial score (nSPS) is 14.5. The van der Waals surface area contributed by atoms with E-state index in [-0.39, 0.29) is 5.91 Å². The lowest BCUT2D eigenvalue weighted by Crippen LogP contribution is -2.43. The van der Waals surface area contributed by atoms with Crippen LogP contribution in [0, 0.1) is 0 Å². The number of anilines is 1. The number of aromatic nitrogens is 1. The number of nitrogens with zero attached hydrogens (tertiary/aromatic N) is 3. The predicted molar refractivity (Wildman–Crippen MR) is 130 cm³/mol. The van der Waals surface area contributed by atoms with Crippen molar-refractivity contribution in [2.75, 3.05) is 64.8 Å². The zero-order valence-electron chi connectivity index (χ0n) is 18.5. The van der Waals surface area contributed by atoms with Crippen LogP contribution in [0.3, 0.4) is 0 Å². The van der Waals surface area contributed by atoms with Crippen LogP contribution in [-0.4, -0.2) is 75.7 Å². The van der Waals surface area contributed by atoms with Gasteiger partial charge in [-0.05, 0) is 36.6 Å². The summed E-state index contributed by atoms with van der Waals surface area (Å²) >= 11 is 3.23. The molecule has 2 heterocycles. The number of amides is 1. The van der Waals surface area contributed by atoms with Gasteiger partial charge in [-0.2, -0.15) is 0 Å². The lowest BCUT2D eigenvalue weighted by Gasteiger charge is -2.29. The maximum atomic E-state index is 13.7. The van der Waals surface area contributed by atoms with Gasteiger partial charge in [0.2, 0.25) is 0 Å². The molecular weight excluding hydrogens is 446 g/mol. The first kappa shape index (κ1) is 22.8. The van der Waals surface area contributed by atoms with Gasteiger partial charge in [0, 0.05) is 42.7 Å². The van der Waals surface area contributed by atoms with Crippen molar-refractivity contribution in [2.24, 2.45) is 0 Å². The highest BCUT2D eigenvalue weighted by Gasteiger charge is 2.24. The summed E-state index contributed by atoms with van der Waals surface area (Å²) in [7, 11) is 3.16. The second-order valence-corrected chi connectivity index (χ2v) is 9.23. The van der Waals surface area contributed by atoms with Crippen LogP contribution in [0.2, 0.25) is 0 Å². The zero-order chi connectivity index (χ0) is 22.5. The summed E-state index contributed by atoms with van der Waals surface area (Å²) in [6, 6.07) is 11.4. The fourth-order valence-corrected chi connectivity index (χ4v) is 5.12. The molecule has 1 fully saturated rings. The van der Waals surface area contributed by atoms with Crippen molar-refractivity contribution >= 4 is 44.4 Å². The minimum Gasteiger partial charge on any atom is -0.497 e. The highest BCUT2D eigenvalue weighted by molar-refractivity contribution is 7.98. The Bertz CT molecular complexity index is 1060. The predicted octanol–water partition coefficient (Wildman–Crippen LogP) is 4.01. The Labute approximate surface area is 196 Å². The third kappa shape index (κ3) is 5.17. The molecular formula is C23H27N3O4S2. The Morgan fingerprint density at radius 3 is 2.53 bits per heavy atom. The summed E-state index contributed by atoms with van der Waals surface area (Å²) in [5.74, 6) is 1.03. The Balaban J connectivity index is 1.67. The van der Waals surface area contributed by atoms with Gasteiger partial charge in [-0.25, -0.2) is 4.98 Å². The number of carbonyl (C=O) groups excluding carboxylic acids is 1. The minimum atomic E-state index is -0.125. The second kappa shape index (κ2) is 10.5. The number of benzene rings is 2. The van der Waals surface area contributed by atoms with E-state index in [0.717, 1.165) is 43.1 Å². The third-order valence-electron chi connectivity index (χ3n) is 5.40. The number of thiazole rings is 1. The molecule has 2 aromatic carbocycles.